The molecule has 2 aliphatic rings. The molecule has 2 N–H and O–H groups in total. The maximum Gasteiger partial charge on any atom is 0.217 e. The summed E-state index contributed by atoms with van der Waals surface area (Å²) in [5.74, 6) is -0.107. The van der Waals surface area contributed by atoms with E-state index in [-0.39, 0.29) is 17.6 Å². The number of nitrogens with one attached hydrogen (secondary N) is 1. The van der Waals surface area contributed by atoms with E-state index in [4.69, 9.17) is 4.74 Å². The summed E-state index contributed by atoms with van der Waals surface area (Å²) in [6.07, 6.45) is 2.43. The van der Waals surface area contributed by atoms with E-state index >= 15 is 0 Å². The third-order valence-corrected chi connectivity index (χ3v) is 3.06. The monoisotopic (exact) mass is 185 g/mol. The van der Waals surface area contributed by atoms with Crippen molar-refractivity contribution in [1.82, 2.24) is 5.32 Å². The minimum absolute atomic E-state index is 0.107. The van der Waals surface area contributed by atoms with Gasteiger partial charge in [0.25, 0.3) is 0 Å². The Morgan fingerprint density at radius 3 is 2.69 bits per heavy atom. The number of carbonyl (C=O) groups is 1. The van der Waals surface area contributed by atoms with Crippen LogP contribution in [-0.4, -0.2) is 35.4 Å². The van der Waals surface area contributed by atoms with Crippen LogP contribution in [0.2, 0.25) is 0 Å². The van der Waals surface area contributed by atoms with E-state index in [9.17, 15) is 9.90 Å². The summed E-state index contributed by atoms with van der Waals surface area (Å²) in [6.45, 7) is 1.90. The molecule has 1 amide bonds. The van der Waals surface area contributed by atoms with Crippen molar-refractivity contribution in [2.75, 3.05) is 6.61 Å². The molecule has 0 aromatic rings. The molecule has 4 heteroatoms. The fourth-order valence-corrected chi connectivity index (χ4v) is 2.15. The molecule has 0 aromatic heterocycles. The molecule has 1 saturated carbocycles. The molecule has 2 atom stereocenters. The van der Waals surface area contributed by atoms with Crippen LogP contribution in [0.25, 0.3) is 0 Å². The van der Waals surface area contributed by atoms with E-state index < -0.39 is 6.10 Å². The first kappa shape index (κ1) is 8.97. The van der Waals surface area contributed by atoms with Gasteiger partial charge in [0.05, 0.1) is 18.2 Å². The molecule has 74 valence electrons. The lowest BCUT2D eigenvalue weighted by atomic mass is 9.75. The minimum atomic E-state index is -0.523. The predicted molar refractivity (Wildman–Crippen MR) is 46.1 cm³/mol. The van der Waals surface area contributed by atoms with Crippen LogP contribution in [0.5, 0.6) is 0 Å². The van der Waals surface area contributed by atoms with Crippen molar-refractivity contribution >= 4 is 5.91 Å². The van der Waals surface area contributed by atoms with Crippen molar-refractivity contribution < 1.29 is 14.6 Å². The number of amides is 1. The second kappa shape index (κ2) is 2.96. The predicted octanol–water partition coefficient (Wildman–Crippen LogP) is -0.195. The van der Waals surface area contributed by atoms with Gasteiger partial charge in [-0.25, -0.2) is 0 Å². The minimum Gasteiger partial charge on any atom is -0.388 e. The van der Waals surface area contributed by atoms with Crippen LogP contribution < -0.4 is 5.32 Å². The van der Waals surface area contributed by atoms with Gasteiger partial charge >= 0.3 is 0 Å². The fourth-order valence-electron chi connectivity index (χ4n) is 2.15. The molecule has 1 spiro atoms. The highest BCUT2D eigenvalue weighted by Crippen LogP contribution is 2.43. The molecule has 1 heterocycles. The van der Waals surface area contributed by atoms with Gasteiger partial charge in [0, 0.05) is 6.92 Å². The van der Waals surface area contributed by atoms with Gasteiger partial charge in [0.1, 0.15) is 6.10 Å². The maximum absolute atomic E-state index is 10.8. The average Bonchev–Trinajstić information content (AvgIpc) is 2.27. The van der Waals surface area contributed by atoms with Gasteiger partial charge in [-0.2, -0.15) is 0 Å². The lowest BCUT2D eigenvalue weighted by Gasteiger charge is -2.40. The fraction of sp³-hybridized carbons (Fsp3) is 0.889. The number of carbonyl (C=O) groups excluding carboxylic acids is 1. The van der Waals surface area contributed by atoms with Crippen molar-refractivity contribution in [3.63, 3.8) is 0 Å². The lowest BCUT2D eigenvalue weighted by Crippen LogP contribution is -2.52. The SMILES string of the molecule is CC(=O)NC1COC2(CCC2)C1O. The molecule has 2 rings (SSSR count). The second-order valence-corrected chi connectivity index (χ2v) is 3.98. The summed E-state index contributed by atoms with van der Waals surface area (Å²) in [5, 5.41) is 12.6. The van der Waals surface area contributed by atoms with Crippen molar-refractivity contribution in [1.29, 1.82) is 0 Å². The first-order valence-corrected chi connectivity index (χ1v) is 4.73. The van der Waals surface area contributed by atoms with E-state index in [1.54, 1.807) is 0 Å². The van der Waals surface area contributed by atoms with E-state index in [0.29, 0.717) is 6.61 Å². The van der Waals surface area contributed by atoms with Gasteiger partial charge in [-0.15, -0.1) is 0 Å². The zero-order chi connectivity index (χ0) is 9.47. The van der Waals surface area contributed by atoms with Crippen LogP contribution in [-0.2, 0) is 9.53 Å². The Bertz CT molecular complexity index is 225. The highest BCUT2D eigenvalue weighted by Gasteiger charge is 2.53. The summed E-state index contributed by atoms with van der Waals surface area (Å²) in [7, 11) is 0. The van der Waals surface area contributed by atoms with Gasteiger partial charge in [0.15, 0.2) is 0 Å². The summed E-state index contributed by atoms with van der Waals surface area (Å²) in [4.78, 5) is 10.8. The highest BCUT2D eigenvalue weighted by molar-refractivity contribution is 5.73. The summed E-state index contributed by atoms with van der Waals surface area (Å²) in [6, 6.07) is -0.210. The van der Waals surface area contributed by atoms with E-state index in [1.807, 2.05) is 0 Å². The van der Waals surface area contributed by atoms with Crippen LogP contribution in [0.15, 0.2) is 0 Å². The second-order valence-electron chi connectivity index (χ2n) is 3.98. The molecular formula is C9H15NO3. The Balaban J connectivity index is 1.98. The number of rotatable bonds is 1. The largest absolute Gasteiger partial charge is 0.388 e. The number of ether oxygens (including phenoxy) is 1. The molecule has 2 fully saturated rings. The summed E-state index contributed by atoms with van der Waals surface area (Å²) in [5.41, 5.74) is -0.326. The van der Waals surface area contributed by atoms with Crippen molar-refractivity contribution in [2.24, 2.45) is 0 Å². The molecule has 1 aliphatic carbocycles. The van der Waals surface area contributed by atoms with Crippen LogP contribution in [0.3, 0.4) is 0 Å². The smallest absolute Gasteiger partial charge is 0.217 e. The molecular weight excluding hydrogens is 170 g/mol. The number of hydrogen-bond donors (Lipinski definition) is 2. The summed E-state index contributed by atoms with van der Waals surface area (Å²) >= 11 is 0. The van der Waals surface area contributed by atoms with E-state index in [1.165, 1.54) is 6.92 Å². The average molecular weight is 185 g/mol. The molecule has 1 aliphatic heterocycles. The zero-order valence-corrected chi connectivity index (χ0v) is 7.75. The molecule has 2 unspecified atom stereocenters. The molecule has 13 heavy (non-hydrogen) atoms. The normalized spacial score (nSPS) is 35.8. The molecule has 0 bridgehead atoms. The molecule has 0 aromatic carbocycles. The topological polar surface area (TPSA) is 58.6 Å². The van der Waals surface area contributed by atoms with Crippen LogP contribution in [0.1, 0.15) is 26.2 Å². The highest BCUT2D eigenvalue weighted by atomic mass is 16.5. The number of aliphatic hydroxyl groups is 1. The molecule has 0 radical (unpaired) electrons. The van der Waals surface area contributed by atoms with Crippen molar-refractivity contribution in [3.8, 4) is 0 Å². The lowest BCUT2D eigenvalue weighted by molar-refractivity contribution is -0.121. The van der Waals surface area contributed by atoms with Gasteiger partial charge in [0.2, 0.25) is 5.91 Å². The van der Waals surface area contributed by atoms with Gasteiger partial charge in [-0.05, 0) is 19.3 Å². The Morgan fingerprint density at radius 1 is 1.62 bits per heavy atom. The first-order chi connectivity index (χ1) is 6.14. The van der Waals surface area contributed by atoms with E-state index in [2.05, 4.69) is 5.32 Å². The third-order valence-electron chi connectivity index (χ3n) is 3.06. The molecule has 1 saturated heterocycles. The Morgan fingerprint density at radius 2 is 2.31 bits per heavy atom. The number of hydrogen-bond acceptors (Lipinski definition) is 3. The molecule has 4 nitrogen and oxygen atoms in total. The standard InChI is InChI=1S/C9H15NO3/c1-6(11)10-7-5-13-9(8(7)12)3-2-4-9/h7-8,12H,2-5H2,1H3,(H,10,11). The Kier molecular flexibility index (Phi) is 2.04. The van der Waals surface area contributed by atoms with E-state index in [0.717, 1.165) is 19.3 Å². The third kappa shape index (κ3) is 1.34. The van der Waals surface area contributed by atoms with Crippen molar-refractivity contribution in [2.45, 2.75) is 43.9 Å². The van der Waals surface area contributed by atoms with Crippen LogP contribution in [0, 0.1) is 0 Å². The number of aliphatic hydroxyl groups excluding tert-OH is 1. The van der Waals surface area contributed by atoms with Gasteiger partial charge in [-0.3, -0.25) is 4.79 Å². The summed E-state index contributed by atoms with van der Waals surface area (Å²) < 4.78 is 5.54. The quantitative estimate of drug-likeness (QED) is 0.595. The van der Waals surface area contributed by atoms with Gasteiger partial charge in [-0.1, -0.05) is 0 Å². The maximum atomic E-state index is 10.8. The van der Waals surface area contributed by atoms with Gasteiger partial charge < -0.3 is 15.2 Å². The zero-order valence-electron chi connectivity index (χ0n) is 7.75. The Hall–Kier alpha value is -0.610. The van der Waals surface area contributed by atoms with Crippen molar-refractivity contribution in [3.05, 3.63) is 0 Å². The van der Waals surface area contributed by atoms with Crippen LogP contribution in [0.4, 0.5) is 0 Å². The Labute approximate surface area is 77.3 Å². The van der Waals surface area contributed by atoms with Crippen LogP contribution >= 0.6 is 0 Å². The first-order valence-electron chi connectivity index (χ1n) is 4.73.